The minimum atomic E-state index is -0.378. The van der Waals surface area contributed by atoms with Gasteiger partial charge in [0.25, 0.3) is 11.1 Å². The molecule has 118 valence electrons. The largest absolute Gasteiger partial charge is 0.493 e. The molecule has 5 nitrogen and oxygen atoms in total. The van der Waals surface area contributed by atoms with Crippen LogP contribution in [0, 0.1) is 0 Å². The second-order valence-electron chi connectivity index (χ2n) is 4.63. The molecule has 1 saturated heterocycles. The Hall–Kier alpha value is -2.25. The number of amides is 2. The molecule has 1 aliphatic heterocycles. The zero-order valence-electron chi connectivity index (χ0n) is 12.2. The predicted molar refractivity (Wildman–Crippen MR) is 90.8 cm³/mol. The summed E-state index contributed by atoms with van der Waals surface area (Å²) >= 11 is 2.51. The molecule has 0 aliphatic carbocycles. The fraction of sp³-hybridized carbons (Fsp3) is 0.125. The number of methoxy groups -OCH3 is 1. The maximum absolute atomic E-state index is 11.6. The van der Waals surface area contributed by atoms with Gasteiger partial charge in [-0.3, -0.25) is 14.9 Å². The van der Waals surface area contributed by atoms with Crippen molar-refractivity contribution in [3.8, 4) is 11.5 Å². The highest BCUT2D eigenvalue weighted by Crippen LogP contribution is 2.32. The van der Waals surface area contributed by atoms with E-state index in [1.807, 2.05) is 23.6 Å². The third-order valence-corrected chi connectivity index (χ3v) is 4.74. The van der Waals surface area contributed by atoms with Crippen molar-refractivity contribution in [1.82, 2.24) is 5.32 Å². The Bertz CT molecular complexity index is 768. The van der Waals surface area contributed by atoms with Crippen LogP contribution in [0.3, 0.4) is 0 Å². The molecule has 0 unspecified atom stereocenters. The fourth-order valence-electron chi connectivity index (χ4n) is 2.01. The Labute approximate surface area is 141 Å². The van der Waals surface area contributed by atoms with Gasteiger partial charge in [-0.05, 0) is 47.0 Å². The number of carbonyl (C=O) groups is 2. The number of imide groups is 1. The Morgan fingerprint density at radius 1 is 1.22 bits per heavy atom. The van der Waals surface area contributed by atoms with Gasteiger partial charge in [-0.1, -0.05) is 12.1 Å². The molecule has 1 aromatic carbocycles. The highest BCUT2D eigenvalue weighted by Gasteiger charge is 2.25. The Balaban J connectivity index is 1.78. The van der Waals surface area contributed by atoms with E-state index in [1.54, 1.807) is 36.7 Å². The van der Waals surface area contributed by atoms with Crippen molar-refractivity contribution >= 4 is 40.3 Å². The second kappa shape index (κ2) is 6.89. The topological polar surface area (TPSA) is 64.6 Å². The van der Waals surface area contributed by atoms with E-state index in [0.717, 1.165) is 22.2 Å². The number of hydrogen-bond acceptors (Lipinski definition) is 6. The van der Waals surface area contributed by atoms with E-state index in [2.05, 4.69) is 5.32 Å². The Morgan fingerprint density at radius 2 is 2.09 bits per heavy atom. The summed E-state index contributed by atoms with van der Waals surface area (Å²) in [5.41, 5.74) is 0.762. The molecule has 23 heavy (non-hydrogen) atoms. The number of nitrogens with one attached hydrogen (secondary N) is 1. The van der Waals surface area contributed by atoms with Crippen LogP contribution in [-0.2, 0) is 11.4 Å². The molecule has 0 radical (unpaired) electrons. The first-order chi connectivity index (χ1) is 11.2. The van der Waals surface area contributed by atoms with Crippen molar-refractivity contribution < 1.29 is 19.1 Å². The van der Waals surface area contributed by atoms with Crippen molar-refractivity contribution in [3.63, 3.8) is 0 Å². The molecule has 1 fully saturated rings. The van der Waals surface area contributed by atoms with Crippen LogP contribution in [0.25, 0.3) is 6.08 Å². The standard InChI is InChI=1S/C16H13NO4S2/c1-20-13-7-10(8-14-15(18)17-16(19)23-14)4-5-12(13)21-9-11-3-2-6-22-11/h2-8H,9H2,1H3,(H,17,18,19)/b14-8-. The lowest BCUT2D eigenvalue weighted by molar-refractivity contribution is -0.115. The van der Waals surface area contributed by atoms with Crippen LogP contribution in [0.15, 0.2) is 40.6 Å². The van der Waals surface area contributed by atoms with Crippen LogP contribution < -0.4 is 14.8 Å². The van der Waals surface area contributed by atoms with Crippen molar-refractivity contribution in [2.45, 2.75) is 6.61 Å². The van der Waals surface area contributed by atoms with Crippen molar-refractivity contribution in [3.05, 3.63) is 51.1 Å². The van der Waals surface area contributed by atoms with Crippen LogP contribution >= 0.6 is 23.1 Å². The van der Waals surface area contributed by atoms with E-state index in [0.29, 0.717) is 23.0 Å². The molecule has 0 saturated carbocycles. The lowest BCUT2D eigenvalue weighted by atomic mass is 10.2. The summed E-state index contributed by atoms with van der Waals surface area (Å²) in [5, 5.41) is 3.86. The smallest absolute Gasteiger partial charge is 0.290 e. The third-order valence-electron chi connectivity index (χ3n) is 3.08. The van der Waals surface area contributed by atoms with Gasteiger partial charge in [-0.2, -0.15) is 0 Å². The zero-order valence-corrected chi connectivity index (χ0v) is 13.8. The molecule has 0 spiro atoms. The molecule has 1 aliphatic rings. The van der Waals surface area contributed by atoms with Crippen LogP contribution in [0.4, 0.5) is 4.79 Å². The van der Waals surface area contributed by atoms with Crippen LogP contribution in [0.1, 0.15) is 10.4 Å². The number of thioether (sulfide) groups is 1. The van der Waals surface area contributed by atoms with Gasteiger partial charge in [0, 0.05) is 4.88 Å². The summed E-state index contributed by atoms with van der Waals surface area (Å²) in [6.07, 6.45) is 1.65. The fourth-order valence-corrected chi connectivity index (χ4v) is 3.31. The molecule has 0 bridgehead atoms. The number of benzene rings is 1. The SMILES string of the molecule is COc1cc(/C=C2\SC(=O)NC2=O)ccc1OCc1cccs1. The average molecular weight is 347 g/mol. The zero-order chi connectivity index (χ0) is 16.2. The molecule has 7 heteroatoms. The molecule has 3 rings (SSSR count). The monoisotopic (exact) mass is 347 g/mol. The average Bonchev–Trinajstić information content (AvgIpc) is 3.16. The number of carbonyl (C=O) groups excluding carboxylic acids is 2. The summed E-state index contributed by atoms with van der Waals surface area (Å²) in [6, 6.07) is 9.35. The highest BCUT2D eigenvalue weighted by atomic mass is 32.2. The highest BCUT2D eigenvalue weighted by molar-refractivity contribution is 8.18. The number of ether oxygens (including phenoxy) is 2. The first kappa shape index (κ1) is 15.6. The minimum Gasteiger partial charge on any atom is -0.493 e. The van der Waals surface area contributed by atoms with Crippen molar-refractivity contribution in [1.29, 1.82) is 0 Å². The summed E-state index contributed by atoms with van der Waals surface area (Å²) in [6.45, 7) is 0.473. The second-order valence-corrected chi connectivity index (χ2v) is 6.68. The van der Waals surface area contributed by atoms with Gasteiger partial charge in [-0.25, -0.2) is 0 Å². The van der Waals surface area contributed by atoms with Gasteiger partial charge >= 0.3 is 0 Å². The van der Waals surface area contributed by atoms with E-state index in [4.69, 9.17) is 9.47 Å². The maximum Gasteiger partial charge on any atom is 0.290 e. The van der Waals surface area contributed by atoms with Gasteiger partial charge in [0.15, 0.2) is 11.5 Å². The molecule has 0 atom stereocenters. The molecular formula is C16H13NO4S2. The number of hydrogen-bond donors (Lipinski definition) is 1. The molecule has 2 heterocycles. The van der Waals surface area contributed by atoms with Crippen LogP contribution in [0.2, 0.25) is 0 Å². The number of rotatable bonds is 5. The van der Waals surface area contributed by atoms with E-state index < -0.39 is 0 Å². The summed E-state index contributed by atoms with van der Waals surface area (Å²) in [7, 11) is 1.56. The summed E-state index contributed by atoms with van der Waals surface area (Å²) < 4.78 is 11.1. The van der Waals surface area contributed by atoms with Crippen LogP contribution in [-0.4, -0.2) is 18.3 Å². The first-order valence-corrected chi connectivity index (χ1v) is 8.43. The van der Waals surface area contributed by atoms with Gasteiger partial charge in [-0.15, -0.1) is 11.3 Å². The molecule has 2 aromatic rings. The van der Waals surface area contributed by atoms with E-state index in [9.17, 15) is 9.59 Å². The van der Waals surface area contributed by atoms with Crippen LogP contribution in [0.5, 0.6) is 11.5 Å². The Morgan fingerprint density at radius 3 is 2.74 bits per heavy atom. The van der Waals surface area contributed by atoms with Crippen molar-refractivity contribution in [2.75, 3.05) is 7.11 Å². The molecule has 1 aromatic heterocycles. The lowest BCUT2D eigenvalue weighted by Gasteiger charge is -2.10. The Kier molecular flexibility index (Phi) is 4.68. The normalized spacial score (nSPS) is 15.8. The van der Waals surface area contributed by atoms with Gasteiger partial charge in [0.05, 0.1) is 12.0 Å². The first-order valence-electron chi connectivity index (χ1n) is 6.74. The molecular weight excluding hydrogens is 334 g/mol. The quantitative estimate of drug-likeness (QED) is 0.836. The van der Waals surface area contributed by atoms with E-state index >= 15 is 0 Å². The van der Waals surface area contributed by atoms with Crippen molar-refractivity contribution in [2.24, 2.45) is 0 Å². The van der Waals surface area contributed by atoms with Gasteiger partial charge in [0.2, 0.25) is 0 Å². The van der Waals surface area contributed by atoms with Gasteiger partial charge in [0.1, 0.15) is 6.61 Å². The van der Waals surface area contributed by atoms with Gasteiger partial charge < -0.3 is 9.47 Å². The third kappa shape index (κ3) is 3.75. The van der Waals surface area contributed by atoms with E-state index in [-0.39, 0.29) is 11.1 Å². The maximum atomic E-state index is 11.6. The van der Waals surface area contributed by atoms with E-state index in [1.165, 1.54) is 0 Å². The predicted octanol–water partition coefficient (Wildman–Crippen LogP) is 3.66. The number of thiophene rings is 1. The molecule has 2 amide bonds. The lowest BCUT2D eigenvalue weighted by Crippen LogP contribution is -2.17. The minimum absolute atomic E-state index is 0.357. The molecule has 1 N–H and O–H groups in total. The summed E-state index contributed by atoms with van der Waals surface area (Å²) in [4.78, 5) is 24.2. The summed E-state index contributed by atoms with van der Waals surface area (Å²) in [5.74, 6) is 0.824.